The minimum atomic E-state index is -0.304. The summed E-state index contributed by atoms with van der Waals surface area (Å²) in [5, 5.41) is 17.7. The molecule has 0 saturated heterocycles. The Morgan fingerprint density at radius 3 is 2.67 bits per heavy atom. The topological polar surface area (TPSA) is 98.5 Å². The molecule has 0 fully saturated rings. The number of hydrogen-bond donors (Lipinski definition) is 3. The molecule has 0 spiro atoms. The second-order valence-corrected chi connectivity index (χ2v) is 7.73. The summed E-state index contributed by atoms with van der Waals surface area (Å²) in [6.07, 6.45) is 2.97. The van der Waals surface area contributed by atoms with E-state index in [0.29, 0.717) is 31.0 Å². The number of aromatic nitrogens is 1. The first-order valence-corrected chi connectivity index (χ1v) is 9.48. The van der Waals surface area contributed by atoms with E-state index in [1.54, 1.807) is 11.1 Å². The highest BCUT2D eigenvalue weighted by Gasteiger charge is 2.25. The number of anilines is 1. The van der Waals surface area contributed by atoms with E-state index in [4.69, 9.17) is 10.2 Å². The van der Waals surface area contributed by atoms with Crippen molar-refractivity contribution < 1.29 is 16.2 Å². The van der Waals surface area contributed by atoms with Crippen LogP contribution >= 0.6 is 0 Å². The lowest BCUT2D eigenvalue weighted by Gasteiger charge is -2.27. The summed E-state index contributed by atoms with van der Waals surface area (Å²) in [4.78, 5) is 23.8. The van der Waals surface area contributed by atoms with Gasteiger partial charge in [-0.3, -0.25) is 14.5 Å². The molecule has 7 heteroatoms. The standard InChI is InChI=1S/C20H34N4O3.H2/c1-6-7-18(26)24(17-9-8-15(2)12-22-17)10-11-27-23-13-16(14-25)19(21)20(3,4)5;/h8-9,12,16,21,23,25H,6-7,10-11,13-14H2,1-5H3;1H. The molecule has 7 nitrogen and oxygen atoms in total. The smallest absolute Gasteiger partial charge is 0.228 e. The average molecular weight is 381 g/mol. The highest BCUT2D eigenvalue weighted by Crippen LogP contribution is 2.20. The molecule has 1 atom stereocenters. The Kier molecular flexibility index (Phi) is 9.55. The first kappa shape index (κ1) is 23.2. The Morgan fingerprint density at radius 2 is 2.15 bits per heavy atom. The van der Waals surface area contributed by atoms with Gasteiger partial charge in [0.25, 0.3) is 0 Å². The average Bonchev–Trinajstić information content (AvgIpc) is 2.61. The molecule has 0 aromatic carbocycles. The van der Waals surface area contributed by atoms with Crippen LogP contribution in [0.5, 0.6) is 0 Å². The fourth-order valence-corrected chi connectivity index (χ4v) is 2.57. The first-order chi connectivity index (χ1) is 12.7. The van der Waals surface area contributed by atoms with Gasteiger partial charge in [-0.25, -0.2) is 10.5 Å². The monoisotopic (exact) mass is 380 g/mol. The minimum absolute atomic E-state index is 0. The van der Waals surface area contributed by atoms with Crippen LogP contribution in [-0.4, -0.2) is 48.0 Å². The minimum Gasteiger partial charge on any atom is -0.396 e. The van der Waals surface area contributed by atoms with E-state index < -0.39 is 0 Å². The van der Waals surface area contributed by atoms with Crippen molar-refractivity contribution in [3.8, 4) is 0 Å². The molecule has 1 rings (SSSR count). The van der Waals surface area contributed by atoms with Crippen LogP contribution in [0.2, 0.25) is 0 Å². The quantitative estimate of drug-likeness (QED) is 0.311. The van der Waals surface area contributed by atoms with Gasteiger partial charge in [-0.15, -0.1) is 0 Å². The van der Waals surface area contributed by atoms with Crippen molar-refractivity contribution >= 4 is 17.4 Å². The zero-order valence-electron chi connectivity index (χ0n) is 17.2. The van der Waals surface area contributed by atoms with Crippen molar-refractivity contribution in [1.82, 2.24) is 10.5 Å². The van der Waals surface area contributed by atoms with Gasteiger partial charge in [-0.1, -0.05) is 33.8 Å². The Hall–Kier alpha value is -1.83. The van der Waals surface area contributed by atoms with Crippen molar-refractivity contribution in [3.05, 3.63) is 23.9 Å². The molecule has 154 valence electrons. The van der Waals surface area contributed by atoms with Crippen LogP contribution in [0.25, 0.3) is 0 Å². The maximum absolute atomic E-state index is 12.4. The summed E-state index contributed by atoms with van der Waals surface area (Å²) < 4.78 is 0. The number of nitrogens with zero attached hydrogens (tertiary/aromatic N) is 2. The Balaban J connectivity index is 0.00000729. The number of amides is 1. The van der Waals surface area contributed by atoms with Crippen molar-refractivity contribution in [2.45, 2.75) is 47.5 Å². The summed E-state index contributed by atoms with van der Waals surface area (Å²) in [5.74, 6) is 0.326. The van der Waals surface area contributed by atoms with Crippen molar-refractivity contribution in [1.29, 1.82) is 5.41 Å². The number of hydroxylamine groups is 1. The van der Waals surface area contributed by atoms with E-state index in [0.717, 1.165) is 12.0 Å². The fourth-order valence-electron chi connectivity index (χ4n) is 2.57. The molecule has 1 amide bonds. The van der Waals surface area contributed by atoms with Gasteiger partial charge >= 0.3 is 0 Å². The predicted molar refractivity (Wildman–Crippen MR) is 110 cm³/mol. The first-order valence-electron chi connectivity index (χ1n) is 9.48. The van der Waals surface area contributed by atoms with E-state index in [1.807, 2.05) is 46.8 Å². The van der Waals surface area contributed by atoms with Gasteiger partial charge in [0, 0.05) is 32.2 Å². The van der Waals surface area contributed by atoms with Crippen LogP contribution in [0.15, 0.2) is 18.3 Å². The van der Waals surface area contributed by atoms with Gasteiger partial charge < -0.3 is 10.5 Å². The highest BCUT2D eigenvalue weighted by molar-refractivity contribution is 5.92. The molecule has 0 aliphatic rings. The number of hydrogen-bond acceptors (Lipinski definition) is 6. The molecule has 0 radical (unpaired) electrons. The summed E-state index contributed by atoms with van der Waals surface area (Å²) in [7, 11) is 0. The lowest BCUT2D eigenvalue weighted by Crippen LogP contribution is -2.39. The zero-order valence-corrected chi connectivity index (χ0v) is 17.2. The van der Waals surface area contributed by atoms with Gasteiger partial charge in [-0.05, 0) is 30.4 Å². The van der Waals surface area contributed by atoms with Crippen LogP contribution in [0, 0.1) is 23.7 Å². The normalized spacial score (nSPS) is 12.7. The molecular formula is C20H36N4O3. The molecule has 3 N–H and O–H groups in total. The van der Waals surface area contributed by atoms with Crippen LogP contribution in [-0.2, 0) is 9.63 Å². The third kappa shape index (κ3) is 7.74. The van der Waals surface area contributed by atoms with E-state index in [2.05, 4.69) is 10.5 Å². The second-order valence-electron chi connectivity index (χ2n) is 7.73. The van der Waals surface area contributed by atoms with Crippen molar-refractivity contribution in [2.24, 2.45) is 11.3 Å². The number of rotatable bonds is 11. The lowest BCUT2D eigenvalue weighted by molar-refractivity contribution is -0.119. The van der Waals surface area contributed by atoms with E-state index in [-0.39, 0.29) is 31.9 Å². The van der Waals surface area contributed by atoms with Crippen LogP contribution in [0.4, 0.5) is 5.82 Å². The van der Waals surface area contributed by atoms with Crippen molar-refractivity contribution in [2.75, 3.05) is 31.2 Å². The molecule has 27 heavy (non-hydrogen) atoms. The second kappa shape index (κ2) is 11.1. The number of carbonyl (C=O) groups excluding carboxylic acids is 1. The third-order valence-electron chi connectivity index (χ3n) is 4.22. The summed E-state index contributed by atoms with van der Waals surface area (Å²) in [6, 6.07) is 3.76. The summed E-state index contributed by atoms with van der Waals surface area (Å²) >= 11 is 0. The maximum Gasteiger partial charge on any atom is 0.228 e. The lowest BCUT2D eigenvalue weighted by atomic mass is 9.82. The number of carbonyl (C=O) groups is 1. The van der Waals surface area contributed by atoms with Crippen LogP contribution < -0.4 is 10.4 Å². The molecule has 0 saturated carbocycles. The zero-order chi connectivity index (χ0) is 20.4. The Labute approximate surface area is 164 Å². The predicted octanol–water partition coefficient (Wildman–Crippen LogP) is 2.96. The third-order valence-corrected chi connectivity index (χ3v) is 4.22. The molecule has 0 aliphatic heterocycles. The molecule has 1 unspecified atom stereocenters. The number of aliphatic hydroxyl groups excluding tert-OH is 1. The van der Waals surface area contributed by atoms with E-state index >= 15 is 0 Å². The Bertz CT molecular complexity index is 602. The van der Waals surface area contributed by atoms with Crippen molar-refractivity contribution in [3.63, 3.8) is 0 Å². The number of nitrogens with one attached hydrogen (secondary N) is 2. The molecule has 1 aromatic heterocycles. The highest BCUT2D eigenvalue weighted by atomic mass is 16.6. The number of pyridine rings is 1. The van der Waals surface area contributed by atoms with E-state index in [1.165, 1.54) is 0 Å². The molecular weight excluding hydrogens is 344 g/mol. The van der Waals surface area contributed by atoms with Crippen LogP contribution in [0.1, 0.15) is 47.5 Å². The number of aliphatic hydroxyl groups is 1. The SMILES string of the molecule is CCCC(=O)N(CCONCC(CO)C(=N)C(C)(C)C)c1ccc(C)cn1.[HH]. The maximum atomic E-state index is 12.4. The van der Waals surface area contributed by atoms with Gasteiger partial charge in [0.05, 0.1) is 19.8 Å². The van der Waals surface area contributed by atoms with Gasteiger partial charge in [0.15, 0.2) is 0 Å². The summed E-state index contributed by atoms with van der Waals surface area (Å²) in [6.45, 7) is 10.7. The largest absolute Gasteiger partial charge is 0.396 e. The molecule has 0 bridgehead atoms. The van der Waals surface area contributed by atoms with Gasteiger partial charge in [0.2, 0.25) is 5.91 Å². The van der Waals surface area contributed by atoms with Gasteiger partial charge in [0.1, 0.15) is 5.82 Å². The molecule has 1 heterocycles. The fraction of sp³-hybridized carbons (Fsp3) is 0.650. The summed E-state index contributed by atoms with van der Waals surface area (Å²) in [5.41, 5.74) is 4.04. The number of aryl methyl sites for hydroxylation is 1. The molecule has 1 aromatic rings. The Morgan fingerprint density at radius 1 is 1.44 bits per heavy atom. The van der Waals surface area contributed by atoms with Gasteiger partial charge in [-0.2, -0.15) is 0 Å². The van der Waals surface area contributed by atoms with Crippen LogP contribution in [0.3, 0.4) is 0 Å². The van der Waals surface area contributed by atoms with E-state index in [9.17, 15) is 9.90 Å². The molecule has 0 aliphatic carbocycles.